The summed E-state index contributed by atoms with van der Waals surface area (Å²) < 4.78 is 0. The molecule has 2 aromatic rings. The Hall–Kier alpha value is -1.75. The highest BCUT2D eigenvalue weighted by molar-refractivity contribution is 5.85. The third-order valence-electron chi connectivity index (χ3n) is 4.89. The maximum absolute atomic E-state index is 12.6. The van der Waals surface area contributed by atoms with E-state index < -0.39 is 0 Å². The van der Waals surface area contributed by atoms with Gasteiger partial charge in [0.25, 0.3) is 0 Å². The Morgan fingerprint density at radius 3 is 2.30 bits per heavy atom. The molecule has 1 unspecified atom stereocenters. The quantitative estimate of drug-likeness (QED) is 0.778. The molecule has 0 bridgehead atoms. The van der Waals surface area contributed by atoms with Crippen LogP contribution in [0.1, 0.15) is 36.4 Å². The first-order valence-electron chi connectivity index (χ1n) is 9.02. The van der Waals surface area contributed by atoms with Crippen molar-refractivity contribution in [3.63, 3.8) is 0 Å². The molecule has 1 heterocycles. The first-order chi connectivity index (χ1) is 12.1. The lowest BCUT2D eigenvalue weighted by Gasteiger charge is -2.25. The van der Waals surface area contributed by atoms with Gasteiger partial charge in [0.05, 0.1) is 0 Å². The van der Waals surface area contributed by atoms with Crippen LogP contribution in [-0.4, -0.2) is 30.9 Å². The molecule has 0 radical (unpaired) electrons. The molecule has 1 aliphatic heterocycles. The summed E-state index contributed by atoms with van der Waals surface area (Å²) in [5, 5.41) is 0. The van der Waals surface area contributed by atoms with Crippen LogP contribution in [0, 0.1) is 0 Å². The average molecular weight is 410 g/mol. The minimum Gasteiger partial charge on any atom is -0.371 e. The van der Waals surface area contributed by atoms with E-state index in [4.69, 9.17) is 5.73 Å². The summed E-state index contributed by atoms with van der Waals surface area (Å²) in [6.45, 7) is 2.83. The van der Waals surface area contributed by atoms with Gasteiger partial charge in [-0.2, -0.15) is 0 Å². The monoisotopic (exact) mass is 409 g/mol. The van der Waals surface area contributed by atoms with Gasteiger partial charge in [-0.1, -0.05) is 48.5 Å². The standard InChI is InChI=1S/C21H27N3O.2ClH/c1-23(21(25)15-19(22)17-9-3-2-4-10-17)16-18-11-5-6-12-20(18)24-13-7-8-14-24;;/h2-6,9-12,19H,7-8,13-16,22H2,1H3;2*1H. The number of carbonyl (C=O) groups is 1. The van der Waals surface area contributed by atoms with Gasteiger partial charge in [-0.05, 0) is 30.0 Å². The van der Waals surface area contributed by atoms with E-state index in [0.29, 0.717) is 13.0 Å². The number of amides is 1. The second-order valence-corrected chi connectivity index (χ2v) is 6.79. The van der Waals surface area contributed by atoms with Gasteiger partial charge in [0.2, 0.25) is 5.91 Å². The number of hydrogen-bond donors (Lipinski definition) is 1. The number of anilines is 1. The first kappa shape index (κ1) is 23.3. The van der Waals surface area contributed by atoms with Crippen LogP contribution in [0.2, 0.25) is 0 Å². The highest BCUT2D eigenvalue weighted by Gasteiger charge is 2.19. The minimum absolute atomic E-state index is 0. The van der Waals surface area contributed by atoms with Crippen molar-refractivity contribution >= 4 is 36.4 Å². The number of nitrogens with two attached hydrogens (primary N) is 1. The largest absolute Gasteiger partial charge is 0.371 e. The van der Waals surface area contributed by atoms with Crippen molar-refractivity contribution in [1.29, 1.82) is 0 Å². The summed E-state index contributed by atoms with van der Waals surface area (Å²) in [6, 6.07) is 18.0. The molecule has 0 saturated carbocycles. The van der Waals surface area contributed by atoms with Gasteiger partial charge in [0, 0.05) is 44.8 Å². The summed E-state index contributed by atoms with van der Waals surface area (Å²) in [5.41, 5.74) is 9.66. The van der Waals surface area contributed by atoms with E-state index in [2.05, 4.69) is 23.1 Å². The lowest BCUT2D eigenvalue weighted by molar-refractivity contribution is -0.130. The van der Waals surface area contributed by atoms with Gasteiger partial charge < -0.3 is 15.5 Å². The Morgan fingerprint density at radius 2 is 1.63 bits per heavy atom. The molecule has 4 nitrogen and oxygen atoms in total. The molecular weight excluding hydrogens is 381 g/mol. The second-order valence-electron chi connectivity index (χ2n) is 6.79. The molecule has 2 aromatic carbocycles. The molecular formula is C21H29Cl2N3O. The first-order valence-corrected chi connectivity index (χ1v) is 9.02. The van der Waals surface area contributed by atoms with E-state index in [0.717, 1.165) is 18.7 Å². The maximum Gasteiger partial charge on any atom is 0.224 e. The predicted molar refractivity (Wildman–Crippen MR) is 117 cm³/mol. The van der Waals surface area contributed by atoms with Crippen molar-refractivity contribution in [3.8, 4) is 0 Å². The molecule has 1 atom stereocenters. The molecule has 6 heteroatoms. The van der Waals surface area contributed by atoms with Crippen LogP contribution in [-0.2, 0) is 11.3 Å². The van der Waals surface area contributed by atoms with Gasteiger partial charge >= 0.3 is 0 Å². The van der Waals surface area contributed by atoms with Gasteiger partial charge in [-0.25, -0.2) is 0 Å². The number of carbonyl (C=O) groups excluding carboxylic acids is 1. The van der Waals surface area contributed by atoms with Gasteiger partial charge in [-0.15, -0.1) is 24.8 Å². The molecule has 3 rings (SSSR count). The zero-order chi connectivity index (χ0) is 17.6. The Bertz CT molecular complexity index is 706. The number of nitrogens with zero attached hydrogens (tertiary/aromatic N) is 2. The van der Waals surface area contributed by atoms with Crippen molar-refractivity contribution in [3.05, 3.63) is 65.7 Å². The zero-order valence-corrected chi connectivity index (χ0v) is 17.3. The highest BCUT2D eigenvalue weighted by Crippen LogP contribution is 2.25. The molecule has 1 fully saturated rings. The maximum atomic E-state index is 12.6. The molecule has 27 heavy (non-hydrogen) atoms. The molecule has 0 aliphatic carbocycles. The van der Waals surface area contributed by atoms with Crippen LogP contribution >= 0.6 is 24.8 Å². The van der Waals surface area contributed by atoms with Crippen LogP contribution in [0.4, 0.5) is 5.69 Å². The average Bonchev–Trinajstić information content (AvgIpc) is 3.17. The highest BCUT2D eigenvalue weighted by atomic mass is 35.5. The van der Waals surface area contributed by atoms with Crippen molar-refractivity contribution in [1.82, 2.24) is 4.90 Å². The predicted octanol–water partition coefficient (Wildman–Crippen LogP) is 4.18. The van der Waals surface area contributed by atoms with Gasteiger partial charge in [0.15, 0.2) is 0 Å². The number of benzene rings is 2. The second kappa shape index (κ2) is 11.2. The Labute approximate surface area is 174 Å². The van der Waals surface area contributed by atoms with Crippen LogP contribution in [0.15, 0.2) is 54.6 Å². The van der Waals surface area contributed by atoms with E-state index >= 15 is 0 Å². The topological polar surface area (TPSA) is 49.6 Å². The van der Waals surface area contributed by atoms with Crippen LogP contribution in [0.25, 0.3) is 0 Å². The fraction of sp³-hybridized carbons (Fsp3) is 0.381. The van der Waals surface area contributed by atoms with Crippen molar-refractivity contribution in [2.45, 2.75) is 31.8 Å². The molecule has 148 valence electrons. The summed E-state index contributed by atoms with van der Waals surface area (Å²) in [7, 11) is 1.86. The fourth-order valence-electron chi connectivity index (χ4n) is 3.42. The number of para-hydroxylation sites is 1. The van der Waals surface area contributed by atoms with E-state index in [1.54, 1.807) is 4.90 Å². The fourth-order valence-corrected chi connectivity index (χ4v) is 3.42. The van der Waals surface area contributed by atoms with Crippen molar-refractivity contribution in [2.24, 2.45) is 5.73 Å². The van der Waals surface area contributed by atoms with Crippen LogP contribution < -0.4 is 10.6 Å². The Balaban J connectivity index is 0.00000182. The molecule has 0 aromatic heterocycles. The molecule has 1 saturated heterocycles. The zero-order valence-electron chi connectivity index (χ0n) is 15.7. The smallest absolute Gasteiger partial charge is 0.224 e. The minimum atomic E-state index is -0.259. The Morgan fingerprint density at radius 1 is 1.04 bits per heavy atom. The van der Waals surface area contributed by atoms with Crippen molar-refractivity contribution < 1.29 is 4.79 Å². The molecule has 1 amide bonds. The molecule has 2 N–H and O–H groups in total. The number of hydrogen-bond acceptors (Lipinski definition) is 3. The number of rotatable bonds is 6. The van der Waals surface area contributed by atoms with E-state index in [1.807, 2.05) is 43.4 Å². The van der Waals surface area contributed by atoms with Crippen LogP contribution in [0.3, 0.4) is 0 Å². The SMILES string of the molecule is CN(Cc1ccccc1N1CCCC1)C(=O)CC(N)c1ccccc1.Cl.Cl. The van der Waals surface area contributed by atoms with E-state index in [1.165, 1.54) is 24.1 Å². The van der Waals surface area contributed by atoms with Crippen LogP contribution in [0.5, 0.6) is 0 Å². The number of halogens is 2. The van der Waals surface area contributed by atoms with Gasteiger partial charge in [0.1, 0.15) is 0 Å². The van der Waals surface area contributed by atoms with Gasteiger partial charge in [-0.3, -0.25) is 4.79 Å². The summed E-state index contributed by atoms with van der Waals surface area (Å²) >= 11 is 0. The normalized spacial score (nSPS) is 14.1. The summed E-state index contributed by atoms with van der Waals surface area (Å²) in [6.07, 6.45) is 2.82. The summed E-state index contributed by atoms with van der Waals surface area (Å²) in [5.74, 6) is 0.0765. The lowest BCUT2D eigenvalue weighted by atomic mass is 10.0. The van der Waals surface area contributed by atoms with Crippen molar-refractivity contribution in [2.75, 3.05) is 25.0 Å². The molecule has 0 spiro atoms. The third kappa shape index (κ3) is 6.13. The summed E-state index contributed by atoms with van der Waals surface area (Å²) in [4.78, 5) is 16.8. The van der Waals surface area contributed by atoms with E-state index in [-0.39, 0.29) is 36.8 Å². The van der Waals surface area contributed by atoms with E-state index in [9.17, 15) is 4.79 Å². The molecule has 1 aliphatic rings. The Kier molecular flexibility index (Phi) is 9.64. The third-order valence-corrected chi connectivity index (χ3v) is 4.89. The lowest BCUT2D eigenvalue weighted by Crippen LogP contribution is -2.30.